The Balaban J connectivity index is 2.07. The van der Waals surface area contributed by atoms with Crippen molar-refractivity contribution in [1.29, 1.82) is 0 Å². The Morgan fingerprint density at radius 1 is 1.45 bits per heavy atom. The lowest BCUT2D eigenvalue weighted by molar-refractivity contribution is 0.0944. The Kier molecular flexibility index (Phi) is 4.82. The second kappa shape index (κ2) is 6.41. The Morgan fingerprint density at radius 2 is 2.10 bits per heavy atom. The molecule has 2 heterocycles. The van der Waals surface area contributed by atoms with Gasteiger partial charge in [0.2, 0.25) is 0 Å². The van der Waals surface area contributed by atoms with Gasteiger partial charge in [0, 0.05) is 32.2 Å². The Hall–Kier alpha value is -1.34. The highest BCUT2D eigenvalue weighted by molar-refractivity contribution is 7.18. The molecule has 0 aromatic carbocycles. The molecule has 2 rings (SSSR count). The summed E-state index contributed by atoms with van der Waals surface area (Å²) in [4.78, 5) is 21.5. The summed E-state index contributed by atoms with van der Waals surface area (Å²) >= 11 is 1.39. The standard InChI is InChI=1S/C13H23N5OS/c1-4-9(2)15-12(19)10-11(14)16-13(20-10)18-7-5-17(3)6-8-18/h9H,4-8,14H2,1-3H3,(H,15,19). The zero-order valence-corrected chi connectivity index (χ0v) is 13.2. The monoisotopic (exact) mass is 297 g/mol. The highest BCUT2D eigenvalue weighted by atomic mass is 32.1. The molecule has 0 radical (unpaired) electrons. The molecule has 1 aromatic heterocycles. The molecule has 0 saturated carbocycles. The molecule has 1 fully saturated rings. The maximum absolute atomic E-state index is 12.1. The molecule has 1 aliphatic heterocycles. The van der Waals surface area contributed by atoms with Gasteiger partial charge in [-0.05, 0) is 20.4 Å². The normalized spacial score (nSPS) is 18.1. The van der Waals surface area contributed by atoms with Crippen LogP contribution in [0.2, 0.25) is 0 Å². The number of amides is 1. The minimum absolute atomic E-state index is 0.116. The molecule has 1 atom stereocenters. The molecular weight excluding hydrogens is 274 g/mol. The number of anilines is 2. The first kappa shape index (κ1) is 15.1. The van der Waals surface area contributed by atoms with Crippen LogP contribution < -0.4 is 16.0 Å². The molecule has 1 saturated heterocycles. The van der Waals surface area contributed by atoms with Gasteiger partial charge in [-0.25, -0.2) is 4.98 Å². The summed E-state index contributed by atoms with van der Waals surface area (Å²) in [6.45, 7) is 7.89. The largest absolute Gasteiger partial charge is 0.382 e. The highest BCUT2D eigenvalue weighted by Gasteiger charge is 2.22. The van der Waals surface area contributed by atoms with Crippen LogP contribution in [0.4, 0.5) is 10.9 Å². The number of nitrogens with one attached hydrogen (secondary N) is 1. The quantitative estimate of drug-likeness (QED) is 0.867. The number of aromatic nitrogens is 1. The number of nitrogens with zero attached hydrogens (tertiary/aromatic N) is 3. The summed E-state index contributed by atoms with van der Waals surface area (Å²) in [6, 6.07) is 0.149. The third-order valence-corrected chi connectivity index (χ3v) is 4.74. The van der Waals surface area contributed by atoms with Crippen LogP contribution in [0.15, 0.2) is 0 Å². The van der Waals surface area contributed by atoms with Gasteiger partial charge in [-0.2, -0.15) is 0 Å². The smallest absolute Gasteiger partial charge is 0.265 e. The first-order valence-electron chi connectivity index (χ1n) is 7.02. The summed E-state index contributed by atoms with van der Waals surface area (Å²) in [5.74, 6) is 0.222. The third-order valence-electron chi connectivity index (χ3n) is 3.61. The second-order valence-electron chi connectivity index (χ2n) is 5.28. The van der Waals surface area contributed by atoms with Crippen molar-refractivity contribution in [3.8, 4) is 0 Å². The molecule has 0 spiro atoms. The molecule has 1 aromatic rings. The predicted molar refractivity (Wildman–Crippen MR) is 83.5 cm³/mol. The fourth-order valence-electron chi connectivity index (χ4n) is 2.01. The van der Waals surface area contributed by atoms with Crippen LogP contribution in [0.25, 0.3) is 0 Å². The van der Waals surface area contributed by atoms with Crippen LogP contribution >= 0.6 is 11.3 Å². The lowest BCUT2D eigenvalue weighted by Crippen LogP contribution is -2.44. The van der Waals surface area contributed by atoms with Crippen LogP contribution in [0.1, 0.15) is 29.9 Å². The van der Waals surface area contributed by atoms with E-state index >= 15 is 0 Å². The van der Waals surface area contributed by atoms with Gasteiger partial charge in [-0.3, -0.25) is 4.79 Å². The molecule has 112 valence electrons. The number of carbonyl (C=O) groups is 1. The van der Waals surface area contributed by atoms with E-state index in [0.717, 1.165) is 37.7 Å². The number of hydrogen-bond acceptors (Lipinski definition) is 6. The zero-order valence-electron chi connectivity index (χ0n) is 12.3. The Bertz CT molecular complexity index is 467. The SMILES string of the molecule is CCC(C)NC(=O)c1sc(N2CCN(C)CC2)nc1N. The van der Waals surface area contributed by atoms with E-state index in [0.29, 0.717) is 10.7 Å². The number of carbonyl (C=O) groups excluding carboxylic acids is 1. The maximum atomic E-state index is 12.1. The van der Waals surface area contributed by atoms with Gasteiger partial charge in [-0.15, -0.1) is 0 Å². The van der Waals surface area contributed by atoms with Gasteiger partial charge in [-0.1, -0.05) is 18.3 Å². The van der Waals surface area contributed by atoms with Crippen molar-refractivity contribution in [1.82, 2.24) is 15.2 Å². The molecule has 20 heavy (non-hydrogen) atoms. The van der Waals surface area contributed by atoms with Gasteiger partial charge < -0.3 is 20.9 Å². The second-order valence-corrected chi connectivity index (χ2v) is 6.26. The van der Waals surface area contributed by atoms with Crippen molar-refractivity contribution in [3.63, 3.8) is 0 Å². The summed E-state index contributed by atoms with van der Waals surface area (Å²) in [5, 5.41) is 3.79. The average molecular weight is 297 g/mol. The van der Waals surface area contributed by atoms with Gasteiger partial charge in [0.1, 0.15) is 10.7 Å². The van der Waals surface area contributed by atoms with Crippen LogP contribution in [0.3, 0.4) is 0 Å². The van der Waals surface area contributed by atoms with Crippen LogP contribution in [-0.2, 0) is 0 Å². The van der Waals surface area contributed by atoms with E-state index in [1.807, 2.05) is 13.8 Å². The fourth-order valence-corrected chi connectivity index (χ4v) is 2.95. The first-order chi connectivity index (χ1) is 9.51. The van der Waals surface area contributed by atoms with Crippen molar-refractivity contribution < 1.29 is 4.79 Å². The molecule has 3 N–H and O–H groups in total. The predicted octanol–water partition coefficient (Wildman–Crippen LogP) is 1.01. The average Bonchev–Trinajstić information content (AvgIpc) is 2.81. The van der Waals surface area contributed by atoms with Crippen molar-refractivity contribution in [2.75, 3.05) is 43.9 Å². The van der Waals surface area contributed by atoms with Crippen LogP contribution in [0, 0.1) is 0 Å². The van der Waals surface area contributed by atoms with E-state index in [4.69, 9.17) is 5.73 Å². The van der Waals surface area contributed by atoms with E-state index < -0.39 is 0 Å². The Labute approximate surface area is 124 Å². The number of thiazole rings is 1. The van der Waals surface area contributed by atoms with Crippen molar-refractivity contribution >= 4 is 28.2 Å². The molecule has 1 unspecified atom stereocenters. The number of nitrogens with two attached hydrogens (primary N) is 1. The molecular formula is C13H23N5OS. The van der Waals surface area contributed by atoms with Gasteiger partial charge in [0.05, 0.1) is 0 Å². The zero-order chi connectivity index (χ0) is 14.7. The minimum Gasteiger partial charge on any atom is -0.382 e. The number of rotatable bonds is 4. The van der Waals surface area contributed by atoms with E-state index in [1.165, 1.54) is 11.3 Å². The van der Waals surface area contributed by atoms with Gasteiger partial charge in [0.15, 0.2) is 5.13 Å². The lowest BCUT2D eigenvalue weighted by Gasteiger charge is -2.31. The van der Waals surface area contributed by atoms with E-state index in [9.17, 15) is 4.79 Å². The molecule has 0 bridgehead atoms. The minimum atomic E-state index is -0.116. The van der Waals surface area contributed by atoms with E-state index in [-0.39, 0.29) is 11.9 Å². The van der Waals surface area contributed by atoms with Crippen LogP contribution in [0.5, 0.6) is 0 Å². The third kappa shape index (κ3) is 3.40. The lowest BCUT2D eigenvalue weighted by atomic mass is 10.2. The summed E-state index contributed by atoms with van der Waals surface area (Å²) in [5.41, 5.74) is 5.89. The molecule has 6 nitrogen and oxygen atoms in total. The first-order valence-corrected chi connectivity index (χ1v) is 7.83. The van der Waals surface area contributed by atoms with E-state index in [2.05, 4.69) is 27.1 Å². The number of hydrogen-bond donors (Lipinski definition) is 2. The molecule has 7 heteroatoms. The topological polar surface area (TPSA) is 74.5 Å². The fraction of sp³-hybridized carbons (Fsp3) is 0.692. The highest BCUT2D eigenvalue weighted by Crippen LogP contribution is 2.28. The van der Waals surface area contributed by atoms with Crippen LogP contribution in [-0.4, -0.2) is 55.1 Å². The molecule has 1 aliphatic rings. The summed E-state index contributed by atoms with van der Waals surface area (Å²) < 4.78 is 0. The van der Waals surface area contributed by atoms with Gasteiger partial charge >= 0.3 is 0 Å². The number of likely N-dealkylation sites (N-methyl/N-ethyl adjacent to an activating group) is 1. The van der Waals surface area contributed by atoms with E-state index in [1.54, 1.807) is 0 Å². The number of piperazine rings is 1. The molecule has 1 amide bonds. The number of nitrogen functional groups attached to an aromatic ring is 1. The Morgan fingerprint density at radius 3 is 2.70 bits per heavy atom. The summed E-state index contributed by atoms with van der Waals surface area (Å²) in [6.07, 6.45) is 0.899. The van der Waals surface area contributed by atoms with Crippen molar-refractivity contribution in [2.45, 2.75) is 26.3 Å². The van der Waals surface area contributed by atoms with Gasteiger partial charge in [0.25, 0.3) is 5.91 Å². The van der Waals surface area contributed by atoms with Crippen molar-refractivity contribution in [2.24, 2.45) is 0 Å². The van der Waals surface area contributed by atoms with Crippen molar-refractivity contribution in [3.05, 3.63) is 4.88 Å². The maximum Gasteiger partial charge on any atom is 0.265 e. The summed E-state index contributed by atoms with van der Waals surface area (Å²) in [7, 11) is 2.11. The molecule has 0 aliphatic carbocycles.